The molecule has 0 saturated carbocycles. The molecule has 1 aliphatic heterocycles. The van der Waals surface area contributed by atoms with Crippen LogP contribution >= 0.6 is 11.3 Å². The molecule has 0 atom stereocenters. The molecule has 0 saturated heterocycles. The van der Waals surface area contributed by atoms with Gasteiger partial charge < -0.3 is 11.1 Å². The van der Waals surface area contributed by atoms with Crippen LogP contribution in [0.3, 0.4) is 0 Å². The standard InChI is InChI=1S/C22H20N4O2S2/c23-22-20-18(15-5-6-19-16(9-15)7-8-24-19)12-29-21(20)17(11-25-22)14-3-1-13(2-4-14)10-26-30(27)28/h1-6,9,11-12,24,30H,7-8,10H2,(H2,23,25)(H,26,27,28). The summed E-state index contributed by atoms with van der Waals surface area (Å²) in [5.74, 6) is 0.531. The third-order valence-corrected chi connectivity index (χ3v) is 6.86. The van der Waals surface area contributed by atoms with Crippen molar-refractivity contribution in [2.45, 2.75) is 13.0 Å². The van der Waals surface area contributed by atoms with Gasteiger partial charge in [0.05, 0.1) is 0 Å². The van der Waals surface area contributed by atoms with Crippen molar-refractivity contribution in [2.24, 2.45) is 0 Å². The molecule has 6 nitrogen and oxygen atoms in total. The van der Waals surface area contributed by atoms with Crippen LogP contribution in [-0.2, 0) is 23.9 Å². The molecule has 0 unspecified atom stereocenters. The van der Waals surface area contributed by atoms with E-state index < -0.39 is 10.9 Å². The van der Waals surface area contributed by atoms with Gasteiger partial charge >= 0.3 is 0 Å². The van der Waals surface area contributed by atoms with Gasteiger partial charge in [0.25, 0.3) is 0 Å². The number of nitrogens with one attached hydrogen (secondary N) is 2. The number of fused-ring (bicyclic) bond motifs is 2. The number of rotatable bonds is 5. The number of nitrogens with zero attached hydrogens (tertiary/aromatic N) is 1. The van der Waals surface area contributed by atoms with Gasteiger partial charge in [-0.1, -0.05) is 30.3 Å². The Kier molecular flexibility index (Phi) is 4.90. The summed E-state index contributed by atoms with van der Waals surface area (Å²) in [5, 5.41) is 6.53. The zero-order chi connectivity index (χ0) is 20.7. The van der Waals surface area contributed by atoms with Gasteiger partial charge in [0.1, 0.15) is 5.82 Å². The van der Waals surface area contributed by atoms with Crippen LogP contribution in [0, 0.1) is 0 Å². The van der Waals surface area contributed by atoms with E-state index in [9.17, 15) is 8.42 Å². The highest BCUT2D eigenvalue weighted by Crippen LogP contribution is 2.42. The molecule has 152 valence electrons. The summed E-state index contributed by atoms with van der Waals surface area (Å²) in [4.78, 5) is 4.48. The highest BCUT2D eigenvalue weighted by molar-refractivity contribution is 7.70. The molecular formula is C22H20N4O2S2. The van der Waals surface area contributed by atoms with Crippen LogP contribution in [0.4, 0.5) is 11.5 Å². The predicted octanol–water partition coefficient (Wildman–Crippen LogP) is 3.80. The molecule has 4 N–H and O–H groups in total. The lowest BCUT2D eigenvalue weighted by atomic mass is 9.99. The monoisotopic (exact) mass is 436 g/mol. The van der Waals surface area contributed by atoms with E-state index in [0.29, 0.717) is 5.82 Å². The maximum Gasteiger partial charge on any atom is 0.201 e. The van der Waals surface area contributed by atoms with Crippen LogP contribution in [0.25, 0.3) is 32.3 Å². The Balaban J connectivity index is 1.56. The minimum absolute atomic E-state index is 0.282. The summed E-state index contributed by atoms with van der Waals surface area (Å²) >= 11 is 1.67. The molecule has 2 aromatic carbocycles. The van der Waals surface area contributed by atoms with E-state index in [1.807, 2.05) is 30.5 Å². The molecule has 30 heavy (non-hydrogen) atoms. The Morgan fingerprint density at radius 1 is 1.10 bits per heavy atom. The van der Waals surface area contributed by atoms with Crippen LogP contribution in [0.2, 0.25) is 0 Å². The van der Waals surface area contributed by atoms with E-state index >= 15 is 0 Å². The van der Waals surface area contributed by atoms with Crippen molar-refractivity contribution in [3.05, 3.63) is 65.2 Å². The highest BCUT2D eigenvalue weighted by atomic mass is 32.2. The Bertz CT molecular complexity index is 1320. The molecule has 2 aromatic heterocycles. The summed E-state index contributed by atoms with van der Waals surface area (Å²) in [7, 11) is -2.60. The zero-order valence-corrected chi connectivity index (χ0v) is 17.7. The number of anilines is 2. The lowest BCUT2D eigenvalue weighted by Gasteiger charge is -2.09. The Morgan fingerprint density at radius 2 is 1.90 bits per heavy atom. The van der Waals surface area contributed by atoms with Gasteiger partial charge in [-0.3, -0.25) is 0 Å². The number of nitrogens with two attached hydrogens (primary N) is 1. The van der Waals surface area contributed by atoms with Crippen LogP contribution in [0.5, 0.6) is 0 Å². The second kappa shape index (κ2) is 7.71. The van der Waals surface area contributed by atoms with Crippen molar-refractivity contribution >= 4 is 43.8 Å². The molecule has 0 radical (unpaired) electrons. The summed E-state index contributed by atoms with van der Waals surface area (Å²) in [6, 6.07) is 14.3. The molecule has 0 spiro atoms. The van der Waals surface area contributed by atoms with Crippen molar-refractivity contribution in [1.29, 1.82) is 0 Å². The smallest absolute Gasteiger partial charge is 0.201 e. The van der Waals surface area contributed by atoms with Crippen molar-refractivity contribution in [1.82, 2.24) is 9.71 Å². The van der Waals surface area contributed by atoms with Crippen LogP contribution in [-0.4, -0.2) is 19.9 Å². The number of nitrogen functional groups attached to an aromatic ring is 1. The third-order valence-electron chi connectivity index (χ3n) is 5.43. The molecule has 8 heteroatoms. The van der Waals surface area contributed by atoms with Gasteiger partial charge in [-0.2, -0.15) is 0 Å². The van der Waals surface area contributed by atoms with Crippen molar-refractivity contribution in [3.8, 4) is 22.3 Å². The minimum atomic E-state index is -2.60. The lowest BCUT2D eigenvalue weighted by molar-refractivity contribution is 0.601. The maximum atomic E-state index is 10.7. The van der Waals surface area contributed by atoms with Crippen molar-refractivity contribution < 1.29 is 8.42 Å². The van der Waals surface area contributed by atoms with Crippen molar-refractivity contribution in [3.63, 3.8) is 0 Å². The van der Waals surface area contributed by atoms with Crippen LogP contribution < -0.4 is 15.8 Å². The molecule has 5 rings (SSSR count). The summed E-state index contributed by atoms with van der Waals surface area (Å²) in [6.45, 7) is 1.26. The second-order valence-electron chi connectivity index (χ2n) is 7.25. The first kappa shape index (κ1) is 19.0. The average Bonchev–Trinajstić information content (AvgIpc) is 3.40. The van der Waals surface area contributed by atoms with Gasteiger partial charge in [-0.25, -0.2) is 18.1 Å². The quantitative estimate of drug-likeness (QED) is 0.357. The first-order chi connectivity index (χ1) is 14.6. The highest BCUT2D eigenvalue weighted by Gasteiger charge is 2.17. The molecule has 3 heterocycles. The molecule has 0 aliphatic carbocycles. The normalized spacial score (nSPS) is 13.0. The Labute approximate surface area is 179 Å². The molecule has 0 fully saturated rings. The summed E-state index contributed by atoms with van der Waals surface area (Å²) in [6.07, 6.45) is 2.85. The summed E-state index contributed by atoms with van der Waals surface area (Å²) < 4.78 is 25.0. The van der Waals surface area contributed by atoms with E-state index in [-0.39, 0.29) is 6.54 Å². The number of aromatic nitrogens is 1. The molecule has 0 bridgehead atoms. The second-order valence-corrected chi connectivity index (χ2v) is 8.96. The fourth-order valence-corrected chi connectivity index (χ4v) is 5.35. The zero-order valence-electron chi connectivity index (χ0n) is 16.0. The number of thiol groups is 1. The van der Waals surface area contributed by atoms with E-state index in [4.69, 9.17) is 5.73 Å². The van der Waals surface area contributed by atoms with Gasteiger partial charge in [0, 0.05) is 46.2 Å². The largest absolute Gasteiger partial charge is 0.384 e. The first-order valence-corrected chi connectivity index (χ1v) is 11.7. The molecule has 4 aromatic rings. The average molecular weight is 437 g/mol. The fourth-order valence-electron chi connectivity index (χ4n) is 3.92. The molecule has 0 amide bonds. The third kappa shape index (κ3) is 3.43. The maximum absolute atomic E-state index is 10.7. The van der Waals surface area contributed by atoms with E-state index in [1.54, 1.807) is 11.3 Å². The summed E-state index contributed by atoms with van der Waals surface area (Å²) in [5.41, 5.74) is 14.1. The molecule has 1 aliphatic rings. The van der Waals surface area contributed by atoms with Crippen LogP contribution in [0.15, 0.2) is 54.0 Å². The van der Waals surface area contributed by atoms with Gasteiger partial charge in [0.2, 0.25) is 10.9 Å². The van der Waals surface area contributed by atoms with E-state index in [1.165, 1.54) is 11.3 Å². The first-order valence-electron chi connectivity index (χ1n) is 9.60. The molecular weight excluding hydrogens is 416 g/mol. The fraction of sp³-hybridized carbons (Fsp3) is 0.136. The van der Waals surface area contributed by atoms with E-state index in [2.05, 4.69) is 38.6 Å². The Morgan fingerprint density at radius 3 is 2.70 bits per heavy atom. The van der Waals surface area contributed by atoms with Crippen molar-refractivity contribution in [2.75, 3.05) is 17.6 Å². The Hall–Kier alpha value is -2.94. The SMILES string of the molecule is Nc1ncc(-c2ccc(CN[SH](=O)=O)cc2)c2scc(-c3ccc4c(c3)CCN4)c12. The number of pyridine rings is 1. The topological polar surface area (TPSA) is 97.1 Å². The number of thiophene rings is 1. The number of hydrogen-bond donors (Lipinski definition) is 4. The van der Waals surface area contributed by atoms with Gasteiger partial charge in [0.15, 0.2) is 0 Å². The number of hydrogen-bond acceptors (Lipinski definition) is 6. The van der Waals surface area contributed by atoms with Crippen LogP contribution in [0.1, 0.15) is 11.1 Å². The van der Waals surface area contributed by atoms with E-state index in [0.717, 1.165) is 50.9 Å². The predicted molar refractivity (Wildman–Crippen MR) is 124 cm³/mol. The van der Waals surface area contributed by atoms with Gasteiger partial charge in [-0.05, 0) is 46.2 Å². The minimum Gasteiger partial charge on any atom is -0.384 e. The number of benzene rings is 2. The van der Waals surface area contributed by atoms with Gasteiger partial charge in [-0.15, -0.1) is 11.3 Å². The lowest BCUT2D eigenvalue weighted by Crippen LogP contribution is -2.09.